The van der Waals surface area contributed by atoms with Gasteiger partial charge in [-0.05, 0) is 37.1 Å². The molecule has 2 rings (SSSR count). The van der Waals surface area contributed by atoms with Crippen molar-refractivity contribution in [3.63, 3.8) is 0 Å². The molecule has 0 radical (unpaired) electrons. The highest BCUT2D eigenvalue weighted by molar-refractivity contribution is 7.89. The number of ether oxygens (including phenoxy) is 1. The zero-order valence-corrected chi connectivity index (χ0v) is 15.3. The molecular weight excluding hydrogens is 362 g/mol. The van der Waals surface area contributed by atoms with E-state index in [4.69, 9.17) is 9.84 Å². The first kappa shape index (κ1) is 20.1. The van der Waals surface area contributed by atoms with E-state index in [1.165, 1.54) is 23.5 Å². The van der Waals surface area contributed by atoms with Crippen LogP contribution in [0.4, 0.5) is 0 Å². The highest BCUT2D eigenvalue weighted by atomic mass is 32.2. The van der Waals surface area contributed by atoms with Gasteiger partial charge in [-0.1, -0.05) is 0 Å². The number of carbonyl (C=O) groups excluding carboxylic acids is 2. The molecule has 0 unspecified atom stereocenters. The van der Waals surface area contributed by atoms with Crippen molar-refractivity contribution in [3.05, 3.63) is 24.3 Å². The van der Waals surface area contributed by atoms with E-state index >= 15 is 0 Å². The molecule has 1 fully saturated rings. The van der Waals surface area contributed by atoms with Gasteiger partial charge in [-0.2, -0.15) is 4.31 Å². The molecule has 0 spiro atoms. The van der Waals surface area contributed by atoms with Crippen molar-refractivity contribution in [2.24, 2.45) is 0 Å². The predicted molar refractivity (Wildman–Crippen MR) is 93.0 cm³/mol. The fraction of sp³-hybridized carbons (Fsp3) is 0.500. The molecule has 1 aliphatic rings. The Balaban J connectivity index is 2.02. The Bertz CT molecular complexity index is 735. The third-order valence-corrected chi connectivity index (χ3v) is 6.06. The predicted octanol–water partition coefficient (Wildman–Crippen LogP) is -0.927. The molecule has 1 atom stereocenters. The summed E-state index contributed by atoms with van der Waals surface area (Å²) in [6.45, 7) is 0.107. The Hall–Kier alpha value is -2.17. The number of nitrogens with one attached hydrogen (secondary N) is 2. The van der Waals surface area contributed by atoms with Gasteiger partial charge in [0.2, 0.25) is 10.0 Å². The second kappa shape index (κ2) is 8.97. The minimum Gasteiger partial charge on any atom is -0.497 e. The van der Waals surface area contributed by atoms with Gasteiger partial charge in [-0.15, -0.1) is 0 Å². The Kier molecular flexibility index (Phi) is 6.95. The molecule has 1 aliphatic heterocycles. The second-order valence-corrected chi connectivity index (χ2v) is 7.67. The van der Waals surface area contributed by atoms with Crippen LogP contribution in [0.2, 0.25) is 0 Å². The van der Waals surface area contributed by atoms with Crippen molar-refractivity contribution in [1.82, 2.24) is 14.9 Å². The largest absolute Gasteiger partial charge is 0.497 e. The standard InChI is InChI=1S/C16H23N3O6S/c1-25-13-4-6-14(7-5-13)26(23,24)19-9-2-3-12(19)11-18-16(22)15(21)17-8-10-20/h4-7,12,20H,2-3,8-11H2,1H3,(H,17,21)(H,18,22)/t12-/m1/s1. The number of aliphatic hydroxyl groups excluding tert-OH is 1. The number of hydrogen-bond donors (Lipinski definition) is 3. The average Bonchev–Trinajstić information content (AvgIpc) is 3.13. The topological polar surface area (TPSA) is 125 Å². The lowest BCUT2D eigenvalue weighted by Crippen LogP contribution is -2.47. The number of hydrogen-bond acceptors (Lipinski definition) is 6. The van der Waals surface area contributed by atoms with E-state index < -0.39 is 27.9 Å². The second-order valence-electron chi connectivity index (χ2n) is 5.78. The molecule has 2 amide bonds. The monoisotopic (exact) mass is 385 g/mol. The van der Waals surface area contributed by atoms with Gasteiger partial charge >= 0.3 is 11.8 Å². The normalized spacial score (nSPS) is 17.7. The summed E-state index contributed by atoms with van der Waals surface area (Å²) in [4.78, 5) is 23.4. The van der Waals surface area contributed by atoms with Crippen molar-refractivity contribution in [2.75, 3.05) is 33.4 Å². The van der Waals surface area contributed by atoms with E-state index in [1.54, 1.807) is 12.1 Å². The minimum atomic E-state index is -3.70. The fourth-order valence-electron chi connectivity index (χ4n) is 2.75. The molecule has 26 heavy (non-hydrogen) atoms. The van der Waals surface area contributed by atoms with E-state index in [9.17, 15) is 18.0 Å². The molecule has 0 saturated carbocycles. The first-order valence-electron chi connectivity index (χ1n) is 8.23. The highest BCUT2D eigenvalue weighted by Gasteiger charge is 2.35. The summed E-state index contributed by atoms with van der Waals surface area (Å²) in [6, 6.07) is 5.68. The molecule has 1 aromatic carbocycles. The van der Waals surface area contributed by atoms with Crippen molar-refractivity contribution >= 4 is 21.8 Å². The van der Waals surface area contributed by atoms with Crippen LogP contribution in [-0.4, -0.2) is 69.0 Å². The van der Waals surface area contributed by atoms with Gasteiger partial charge in [0.1, 0.15) is 5.75 Å². The summed E-state index contributed by atoms with van der Waals surface area (Å²) in [5, 5.41) is 13.3. The summed E-state index contributed by atoms with van der Waals surface area (Å²) < 4.78 is 32.0. The van der Waals surface area contributed by atoms with Gasteiger partial charge in [-0.3, -0.25) is 9.59 Å². The maximum absolute atomic E-state index is 12.8. The molecule has 3 N–H and O–H groups in total. The first-order valence-corrected chi connectivity index (χ1v) is 9.67. The van der Waals surface area contributed by atoms with Gasteiger partial charge in [0.25, 0.3) is 0 Å². The fourth-order valence-corrected chi connectivity index (χ4v) is 4.45. The molecule has 10 heteroatoms. The first-order chi connectivity index (χ1) is 12.4. The summed E-state index contributed by atoms with van der Waals surface area (Å²) in [5.74, 6) is -1.16. The van der Waals surface area contributed by atoms with E-state index in [0.717, 1.165) is 0 Å². The van der Waals surface area contributed by atoms with Crippen molar-refractivity contribution in [3.8, 4) is 5.75 Å². The molecule has 0 aromatic heterocycles. The molecule has 9 nitrogen and oxygen atoms in total. The van der Waals surface area contributed by atoms with Crippen LogP contribution >= 0.6 is 0 Å². The number of carbonyl (C=O) groups is 2. The summed E-state index contributed by atoms with van der Waals surface area (Å²) >= 11 is 0. The van der Waals surface area contributed by atoms with Crippen molar-refractivity contribution < 1.29 is 27.9 Å². The SMILES string of the molecule is COc1ccc(S(=O)(=O)N2CCC[C@@H]2CNC(=O)C(=O)NCCO)cc1. The number of methoxy groups -OCH3 is 1. The maximum atomic E-state index is 12.8. The molecule has 0 bridgehead atoms. The molecule has 1 heterocycles. The Morgan fingerprint density at radius 3 is 2.50 bits per heavy atom. The van der Waals surface area contributed by atoms with Crippen LogP contribution < -0.4 is 15.4 Å². The van der Waals surface area contributed by atoms with Crippen LogP contribution in [-0.2, 0) is 19.6 Å². The third kappa shape index (κ3) is 4.71. The number of benzene rings is 1. The van der Waals surface area contributed by atoms with Crippen LogP contribution in [0.5, 0.6) is 5.75 Å². The van der Waals surface area contributed by atoms with E-state index in [1.807, 2.05) is 0 Å². The zero-order valence-electron chi connectivity index (χ0n) is 14.5. The van der Waals surface area contributed by atoms with Gasteiger partial charge in [-0.25, -0.2) is 8.42 Å². The Morgan fingerprint density at radius 1 is 1.23 bits per heavy atom. The summed E-state index contributed by atoms with van der Waals surface area (Å²) in [6.07, 6.45) is 1.26. The number of amides is 2. The molecule has 0 aliphatic carbocycles. The molecule has 144 valence electrons. The highest BCUT2D eigenvalue weighted by Crippen LogP contribution is 2.26. The molecule has 1 saturated heterocycles. The molecular formula is C16H23N3O6S. The van der Waals surface area contributed by atoms with Crippen molar-refractivity contribution in [1.29, 1.82) is 0 Å². The zero-order chi connectivity index (χ0) is 19.2. The van der Waals surface area contributed by atoms with E-state index in [2.05, 4.69) is 10.6 Å². The number of aliphatic hydroxyl groups is 1. The van der Waals surface area contributed by atoms with Gasteiger partial charge < -0.3 is 20.5 Å². The number of nitrogens with zero attached hydrogens (tertiary/aromatic N) is 1. The van der Waals surface area contributed by atoms with E-state index in [-0.39, 0.29) is 24.6 Å². The smallest absolute Gasteiger partial charge is 0.309 e. The van der Waals surface area contributed by atoms with Crippen LogP contribution in [0.3, 0.4) is 0 Å². The minimum absolute atomic E-state index is 0.0202. The maximum Gasteiger partial charge on any atom is 0.309 e. The van der Waals surface area contributed by atoms with Crippen LogP contribution in [0.1, 0.15) is 12.8 Å². The van der Waals surface area contributed by atoms with E-state index in [0.29, 0.717) is 25.1 Å². The average molecular weight is 385 g/mol. The van der Waals surface area contributed by atoms with Gasteiger partial charge in [0.05, 0.1) is 18.6 Å². The number of rotatable bonds is 7. The van der Waals surface area contributed by atoms with Crippen LogP contribution in [0, 0.1) is 0 Å². The lowest BCUT2D eigenvalue weighted by atomic mass is 10.2. The summed E-state index contributed by atoms with van der Waals surface area (Å²) in [5.41, 5.74) is 0. The third-order valence-electron chi connectivity index (χ3n) is 4.09. The van der Waals surface area contributed by atoms with Gasteiger partial charge in [0, 0.05) is 25.7 Å². The lowest BCUT2D eigenvalue weighted by Gasteiger charge is -2.24. The summed E-state index contributed by atoms with van der Waals surface area (Å²) in [7, 11) is -2.20. The van der Waals surface area contributed by atoms with Crippen molar-refractivity contribution in [2.45, 2.75) is 23.8 Å². The number of sulfonamides is 1. The quantitative estimate of drug-likeness (QED) is 0.521. The lowest BCUT2D eigenvalue weighted by molar-refractivity contribution is -0.139. The van der Waals surface area contributed by atoms with Crippen LogP contribution in [0.15, 0.2) is 29.2 Å². The van der Waals surface area contributed by atoms with Gasteiger partial charge in [0.15, 0.2) is 0 Å². The Labute approximate surface area is 152 Å². The Morgan fingerprint density at radius 2 is 1.88 bits per heavy atom. The molecule has 1 aromatic rings. The van der Waals surface area contributed by atoms with Crippen LogP contribution in [0.25, 0.3) is 0 Å².